The zero-order valence-electron chi connectivity index (χ0n) is 10.6. The number of methoxy groups -OCH3 is 3. The molecular formula is C11H15ClF3NO3. The Labute approximate surface area is 115 Å². The highest BCUT2D eigenvalue weighted by Crippen LogP contribution is 2.41. The van der Waals surface area contributed by atoms with Crippen molar-refractivity contribution in [3.8, 4) is 17.2 Å². The number of nitrogens with two attached hydrogens (primary N) is 1. The van der Waals surface area contributed by atoms with Crippen LogP contribution in [0.3, 0.4) is 0 Å². The molecule has 0 amide bonds. The molecule has 0 aliphatic heterocycles. The molecule has 1 rings (SSSR count). The SMILES string of the molecule is COc1cc([C@H](N)C(F)(F)F)cc(OC)c1OC.Cl. The van der Waals surface area contributed by atoms with E-state index in [1.807, 2.05) is 0 Å². The zero-order chi connectivity index (χ0) is 13.9. The predicted octanol–water partition coefficient (Wildman–Crippen LogP) is 2.70. The zero-order valence-corrected chi connectivity index (χ0v) is 11.4. The van der Waals surface area contributed by atoms with E-state index in [-0.39, 0.29) is 35.2 Å². The summed E-state index contributed by atoms with van der Waals surface area (Å²) in [6, 6.07) is 0.255. The molecule has 0 saturated heterocycles. The molecule has 4 nitrogen and oxygen atoms in total. The van der Waals surface area contributed by atoms with Gasteiger partial charge in [0.15, 0.2) is 11.5 Å². The second-order valence-corrected chi connectivity index (χ2v) is 3.48. The van der Waals surface area contributed by atoms with Gasteiger partial charge in [-0.1, -0.05) is 0 Å². The molecule has 1 atom stereocenters. The van der Waals surface area contributed by atoms with Crippen molar-refractivity contribution >= 4 is 12.4 Å². The number of ether oxygens (including phenoxy) is 3. The fourth-order valence-electron chi connectivity index (χ4n) is 1.47. The van der Waals surface area contributed by atoms with Crippen molar-refractivity contribution < 1.29 is 27.4 Å². The van der Waals surface area contributed by atoms with Crippen molar-refractivity contribution in [1.29, 1.82) is 0 Å². The van der Waals surface area contributed by atoms with E-state index in [1.165, 1.54) is 33.5 Å². The molecule has 0 unspecified atom stereocenters. The standard InChI is InChI=1S/C11H14F3NO3.ClH/c1-16-7-4-6(10(15)11(12,13)14)5-8(17-2)9(7)18-3;/h4-5,10H,15H2,1-3H3;1H/t10-;/m0./s1. The maximum Gasteiger partial charge on any atom is 0.407 e. The van der Waals surface area contributed by atoms with E-state index >= 15 is 0 Å². The van der Waals surface area contributed by atoms with Crippen molar-refractivity contribution in [1.82, 2.24) is 0 Å². The van der Waals surface area contributed by atoms with Crippen molar-refractivity contribution in [3.63, 3.8) is 0 Å². The summed E-state index contributed by atoms with van der Waals surface area (Å²) in [5.41, 5.74) is 4.98. The van der Waals surface area contributed by atoms with Gasteiger partial charge in [0.05, 0.1) is 21.3 Å². The Hall–Kier alpha value is -1.34. The predicted molar refractivity (Wildman–Crippen MR) is 66.3 cm³/mol. The van der Waals surface area contributed by atoms with Gasteiger partial charge in [-0.25, -0.2) is 0 Å². The monoisotopic (exact) mass is 301 g/mol. The molecule has 1 aromatic carbocycles. The maximum absolute atomic E-state index is 12.6. The Morgan fingerprint density at radius 3 is 1.68 bits per heavy atom. The molecular weight excluding hydrogens is 287 g/mol. The molecule has 0 aromatic heterocycles. The van der Waals surface area contributed by atoms with Gasteiger partial charge in [-0.15, -0.1) is 12.4 Å². The molecule has 0 bridgehead atoms. The van der Waals surface area contributed by atoms with Gasteiger partial charge in [-0.05, 0) is 17.7 Å². The molecule has 8 heteroatoms. The first kappa shape index (κ1) is 17.7. The maximum atomic E-state index is 12.6. The fourth-order valence-corrected chi connectivity index (χ4v) is 1.47. The smallest absolute Gasteiger partial charge is 0.407 e. The van der Waals surface area contributed by atoms with E-state index in [9.17, 15) is 13.2 Å². The average molecular weight is 302 g/mol. The van der Waals surface area contributed by atoms with Crippen molar-refractivity contribution in [2.45, 2.75) is 12.2 Å². The lowest BCUT2D eigenvalue weighted by molar-refractivity contribution is -0.149. The first-order chi connectivity index (χ1) is 8.35. The van der Waals surface area contributed by atoms with E-state index < -0.39 is 12.2 Å². The largest absolute Gasteiger partial charge is 0.493 e. The summed E-state index contributed by atoms with van der Waals surface area (Å²) < 4.78 is 52.6. The van der Waals surface area contributed by atoms with Gasteiger partial charge in [-0.2, -0.15) is 13.2 Å². The van der Waals surface area contributed by atoms with Gasteiger partial charge in [0.25, 0.3) is 0 Å². The molecule has 110 valence electrons. The molecule has 0 aliphatic carbocycles. The molecule has 0 radical (unpaired) electrons. The van der Waals surface area contributed by atoms with Crippen LogP contribution in [0.25, 0.3) is 0 Å². The summed E-state index contributed by atoms with van der Waals surface area (Å²) in [5.74, 6) is 0.483. The quantitative estimate of drug-likeness (QED) is 0.929. The lowest BCUT2D eigenvalue weighted by Crippen LogP contribution is -2.28. The van der Waals surface area contributed by atoms with Gasteiger partial charge in [-0.3, -0.25) is 0 Å². The van der Waals surface area contributed by atoms with Crippen LogP contribution in [0.5, 0.6) is 17.2 Å². The van der Waals surface area contributed by atoms with Gasteiger partial charge in [0.2, 0.25) is 5.75 Å². The van der Waals surface area contributed by atoms with E-state index in [0.717, 1.165) is 0 Å². The second-order valence-electron chi connectivity index (χ2n) is 3.48. The highest BCUT2D eigenvalue weighted by Gasteiger charge is 2.38. The molecule has 0 fully saturated rings. The second kappa shape index (κ2) is 6.72. The third-order valence-corrected chi connectivity index (χ3v) is 2.40. The van der Waals surface area contributed by atoms with Crippen molar-refractivity contribution in [3.05, 3.63) is 17.7 Å². The van der Waals surface area contributed by atoms with Gasteiger partial charge < -0.3 is 19.9 Å². The summed E-state index contributed by atoms with van der Waals surface area (Å²) in [6.45, 7) is 0. The Balaban J connectivity index is 0.00000324. The molecule has 1 aromatic rings. The summed E-state index contributed by atoms with van der Waals surface area (Å²) in [5, 5.41) is 0. The minimum atomic E-state index is -4.54. The van der Waals surface area contributed by atoms with Crippen molar-refractivity contribution in [2.75, 3.05) is 21.3 Å². The first-order valence-electron chi connectivity index (χ1n) is 4.97. The number of alkyl halides is 3. The first-order valence-corrected chi connectivity index (χ1v) is 4.97. The number of rotatable bonds is 4. The summed E-state index contributed by atoms with van der Waals surface area (Å²) >= 11 is 0. The van der Waals surface area contributed by atoms with Crippen LogP contribution < -0.4 is 19.9 Å². The van der Waals surface area contributed by atoms with Crippen molar-refractivity contribution in [2.24, 2.45) is 5.73 Å². The van der Waals surface area contributed by atoms with Gasteiger partial charge in [0, 0.05) is 0 Å². The third-order valence-electron chi connectivity index (χ3n) is 2.40. The van der Waals surface area contributed by atoms with Crippen LogP contribution >= 0.6 is 12.4 Å². The molecule has 0 aliphatic rings. The Morgan fingerprint density at radius 2 is 1.42 bits per heavy atom. The van der Waals surface area contributed by atoms with E-state index in [4.69, 9.17) is 19.9 Å². The number of benzene rings is 1. The number of hydrogen-bond donors (Lipinski definition) is 1. The molecule has 0 spiro atoms. The Bertz CT molecular complexity index is 401. The lowest BCUT2D eigenvalue weighted by Gasteiger charge is -2.19. The molecule has 0 heterocycles. The van der Waals surface area contributed by atoms with E-state index in [0.29, 0.717) is 0 Å². The molecule has 0 saturated carbocycles. The van der Waals surface area contributed by atoms with Crippen LogP contribution in [-0.2, 0) is 0 Å². The summed E-state index contributed by atoms with van der Waals surface area (Å²) in [7, 11) is 4.00. The minimum Gasteiger partial charge on any atom is -0.493 e. The lowest BCUT2D eigenvalue weighted by atomic mass is 10.1. The topological polar surface area (TPSA) is 53.7 Å². The molecule has 2 N–H and O–H groups in total. The van der Waals surface area contributed by atoms with Gasteiger partial charge in [0.1, 0.15) is 6.04 Å². The Kier molecular flexibility index (Phi) is 6.24. The van der Waals surface area contributed by atoms with Crippen LogP contribution in [0.15, 0.2) is 12.1 Å². The van der Waals surface area contributed by atoms with E-state index in [1.54, 1.807) is 0 Å². The molecule has 19 heavy (non-hydrogen) atoms. The van der Waals surface area contributed by atoms with Crippen LogP contribution in [0, 0.1) is 0 Å². The normalized spacial score (nSPS) is 12.4. The number of halogens is 4. The van der Waals surface area contributed by atoms with E-state index in [2.05, 4.69) is 0 Å². The summed E-state index contributed by atoms with van der Waals surface area (Å²) in [6.07, 6.45) is -4.54. The number of hydrogen-bond acceptors (Lipinski definition) is 4. The Morgan fingerprint density at radius 1 is 1.00 bits per heavy atom. The average Bonchev–Trinajstić information content (AvgIpc) is 2.34. The van der Waals surface area contributed by atoms with Crippen LogP contribution in [0.2, 0.25) is 0 Å². The van der Waals surface area contributed by atoms with Crippen LogP contribution in [-0.4, -0.2) is 27.5 Å². The minimum absolute atomic E-state index is 0. The third kappa shape index (κ3) is 3.81. The summed E-state index contributed by atoms with van der Waals surface area (Å²) in [4.78, 5) is 0. The highest BCUT2D eigenvalue weighted by molar-refractivity contribution is 5.85. The fraction of sp³-hybridized carbons (Fsp3) is 0.455. The van der Waals surface area contributed by atoms with Gasteiger partial charge >= 0.3 is 6.18 Å². The highest BCUT2D eigenvalue weighted by atomic mass is 35.5. The van der Waals surface area contributed by atoms with Crippen LogP contribution in [0.1, 0.15) is 11.6 Å². The van der Waals surface area contributed by atoms with Crippen LogP contribution in [0.4, 0.5) is 13.2 Å².